The summed E-state index contributed by atoms with van der Waals surface area (Å²) in [5.74, 6) is 1.92. The smallest absolute Gasteiger partial charge is 0.225 e. The van der Waals surface area contributed by atoms with E-state index >= 15 is 0 Å². The fraction of sp³-hybridized carbons (Fsp3) is 0.692. The van der Waals surface area contributed by atoms with E-state index in [-0.39, 0.29) is 0 Å². The van der Waals surface area contributed by atoms with Gasteiger partial charge in [0.1, 0.15) is 0 Å². The van der Waals surface area contributed by atoms with Crippen LogP contribution in [0.25, 0.3) is 0 Å². The molecule has 0 radical (unpaired) electrons. The molecule has 0 fully saturated rings. The van der Waals surface area contributed by atoms with E-state index in [1.165, 1.54) is 0 Å². The first-order valence-corrected chi connectivity index (χ1v) is 7.85. The Morgan fingerprint density at radius 3 is 2.50 bits per heavy atom. The summed E-state index contributed by atoms with van der Waals surface area (Å²) in [5.41, 5.74) is 1.13. The second-order valence-electron chi connectivity index (χ2n) is 4.30. The topological polar surface area (TPSA) is 41.1 Å². The molecule has 0 aliphatic heterocycles. The third-order valence-electron chi connectivity index (χ3n) is 2.96. The maximum atomic E-state index is 4.45. The van der Waals surface area contributed by atoms with Gasteiger partial charge in [0.25, 0.3) is 0 Å². The van der Waals surface area contributed by atoms with E-state index in [9.17, 15) is 0 Å². The summed E-state index contributed by atoms with van der Waals surface area (Å²) in [4.78, 5) is 11.1. The number of aromatic nitrogens is 2. The molecule has 0 amide bonds. The normalized spacial score (nSPS) is 12.4. The van der Waals surface area contributed by atoms with Gasteiger partial charge >= 0.3 is 0 Å². The van der Waals surface area contributed by atoms with Crippen LogP contribution < -0.4 is 10.2 Å². The highest BCUT2D eigenvalue weighted by atomic mass is 32.2. The van der Waals surface area contributed by atoms with Crippen LogP contribution in [0, 0.1) is 0 Å². The zero-order chi connectivity index (χ0) is 13.4. The molecule has 4 nitrogen and oxygen atoms in total. The molecule has 0 saturated heterocycles. The molecule has 5 heteroatoms. The maximum Gasteiger partial charge on any atom is 0.225 e. The minimum Gasteiger partial charge on any atom is -0.340 e. The molecule has 1 aromatic rings. The molecule has 1 N–H and O–H groups in total. The molecule has 1 aromatic heterocycles. The molecule has 18 heavy (non-hydrogen) atoms. The lowest BCUT2D eigenvalue weighted by Gasteiger charge is -2.26. The predicted molar refractivity (Wildman–Crippen MR) is 80.3 cm³/mol. The van der Waals surface area contributed by atoms with E-state index in [0.717, 1.165) is 36.8 Å². The van der Waals surface area contributed by atoms with Crippen LogP contribution >= 0.6 is 11.8 Å². The fourth-order valence-electron chi connectivity index (χ4n) is 1.75. The number of rotatable bonds is 8. The summed E-state index contributed by atoms with van der Waals surface area (Å²) in [6.45, 7) is 6.10. The van der Waals surface area contributed by atoms with Gasteiger partial charge < -0.3 is 10.2 Å². The van der Waals surface area contributed by atoms with E-state index in [4.69, 9.17) is 0 Å². The molecular formula is C13H24N4S. The zero-order valence-electron chi connectivity index (χ0n) is 11.8. The Morgan fingerprint density at radius 1 is 1.33 bits per heavy atom. The highest BCUT2D eigenvalue weighted by Gasteiger charge is 2.14. The molecule has 1 rings (SSSR count). The standard InChI is InChI=1S/C13H24N4S/c1-5-12(10-18-4)17(3)13-15-8-11(9-16-13)7-14-6-2/h8-9,12,14H,5-7,10H2,1-4H3. The number of nitrogens with one attached hydrogen (secondary N) is 1. The van der Waals surface area contributed by atoms with Crippen molar-refractivity contribution in [2.75, 3.05) is 30.5 Å². The van der Waals surface area contributed by atoms with E-state index in [1.54, 1.807) is 0 Å². The Labute approximate surface area is 115 Å². The minimum absolute atomic E-state index is 0.500. The van der Waals surface area contributed by atoms with Gasteiger partial charge in [-0.3, -0.25) is 0 Å². The molecule has 1 heterocycles. The number of hydrogen-bond donors (Lipinski definition) is 1. The predicted octanol–water partition coefficient (Wildman–Crippen LogP) is 2.16. The fourth-order valence-corrected chi connectivity index (χ4v) is 2.59. The second-order valence-corrected chi connectivity index (χ2v) is 5.21. The van der Waals surface area contributed by atoms with Gasteiger partial charge in [-0.05, 0) is 19.2 Å². The molecule has 0 saturated carbocycles. The van der Waals surface area contributed by atoms with Crippen LogP contribution in [-0.4, -0.2) is 41.6 Å². The minimum atomic E-state index is 0.500. The molecule has 0 aliphatic rings. The first-order chi connectivity index (χ1) is 8.72. The van der Waals surface area contributed by atoms with Crippen molar-refractivity contribution in [2.24, 2.45) is 0 Å². The monoisotopic (exact) mass is 268 g/mol. The van der Waals surface area contributed by atoms with Crippen molar-refractivity contribution in [3.8, 4) is 0 Å². The number of anilines is 1. The third kappa shape index (κ3) is 4.46. The van der Waals surface area contributed by atoms with Crippen LogP contribution in [0.5, 0.6) is 0 Å². The van der Waals surface area contributed by atoms with Gasteiger partial charge in [-0.1, -0.05) is 13.8 Å². The lowest BCUT2D eigenvalue weighted by molar-refractivity contribution is 0.654. The molecule has 1 atom stereocenters. The first-order valence-electron chi connectivity index (χ1n) is 6.46. The van der Waals surface area contributed by atoms with Crippen molar-refractivity contribution >= 4 is 17.7 Å². The number of thioether (sulfide) groups is 1. The zero-order valence-corrected chi connectivity index (χ0v) is 12.6. The third-order valence-corrected chi connectivity index (χ3v) is 3.68. The molecule has 1 unspecified atom stereocenters. The Balaban J connectivity index is 2.65. The Kier molecular flexibility index (Phi) is 7.05. The molecule has 0 spiro atoms. The Bertz CT molecular complexity index is 328. The average Bonchev–Trinajstić information content (AvgIpc) is 2.42. The van der Waals surface area contributed by atoms with Crippen molar-refractivity contribution in [2.45, 2.75) is 32.9 Å². The molecule has 102 valence electrons. The largest absolute Gasteiger partial charge is 0.340 e. The lowest BCUT2D eigenvalue weighted by atomic mass is 10.2. The van der Waals surface area contributed by atoms with Crippen LogP contribution in [-0.2, 0) is 6.54 Å². The highest BCUT2D eigenvalue weighted by Crippen LogP contribution is 2.14. The molecular weight excluding hydrogens is 244 g/mol. The van der Waals surface area contributed by atoms with E-state index in [0.29, 0.717) is 6.04 Å². The van der Waals surface area contributed by atoms with Gasteiger partial charge in [0.15, 0.2) is 0 Å². The second kappa shape index (κ2) is 8.32. The lowest BCUT2D eigenvalue weighted by Crippen LogP contribution is -2.34. The quantitative estimate of drug-likeness (QED) is 0.782. The van der Waals surface area contributed by atoms with Crippen LogP contribution in [0.2, 0.25) is 0 Å². The van der Waals surface area contributed by atoms with Crippen LogP contribution in [0.4, 0.5) is 5.95 Å². The molecule has 0 aromatic carbocycles. The van der Waals surface area contributed by atoms with Crippen LogP contribution in [0.1, 0.15) is 25.8 Å². The molecule has 0 bridgehead atoms. The Hall–Kier alpha value is -0.810. The van der Waals surface area contributed by atoms with Crippen LogP contribution in [0.15, 0.2) is 12.4 Å². The Morgan fingerprint density at radius 2 is 2.00 bits per heavy atom. The number of nitrogens with zero attached hydrogens (tertiary/aromatic N) is 3. The number of hydrogen-bond acceptors (Lipinski definition) is 5. The van der Waals surface area contributed by atoms with E-state index < -0.39 is 0 Å². The van der Waals surface area contributed by atoms with Gasteiger partial charge in [0.2, 0.25) is 5.95 Å². The van der Waals surface area contributed by atoms with Gasteiger partial charge in [-0.25, -0.2) is 9.97 Å². The summed E-state index contributed by atoms with van der Waals surface area (Å²) in [7, 11) is 2.07. The van der Waals surface area contributed by atoms with Gasteiger partial charge in [-0.2, -0.15) is 11.8 Å². The summed E-state index contributed by atoms with van der Waals surface area (Å²) < 4.78 is 0. The van der Waals surface area contributed by atoms with Crippen LogP contribution in [0.3, 0.4) is 0 Å². The first kappa shape index (κ1) is 15.2. The maximum absolute atomic E-state index is 4.45. The van der Waals surface area contributed by atoms with Gasteiger partial charge in [-0.15, -0.1) is 0 Å². The average molecular weight is 268 g/mol. The highest BCUT2D eigenvalue weighted by molar-refractivity contribution is 7.98. The van der Waals surface area contributed by atoms with E-state index in [1.807, 2.05) is 24.2 Å². The summed E-state index contributed by atoms with van der Waals surface area (Å²) in [6, 6.07) is 0.500. The summed E-state index contributed by atoms with van der Waals surface area (Å²) in [6.07, 6.45) is 7.07. The van der Waals surface area contributed by atoms with Gasteiger partial charge in [0, 0.05) is 43.3 Å². The molecule has 0 aliphatic carbocycles. The van der Waals surface area contributed by atoms with Crippen molar-refractivity contribution in [1.82, 2.24) is 15.3 Å². The van der Waals surface area contributed by atoms with Crippen molar-refractivity contribution in [3.63, 3.8) is 0 Å². The van der Waals surface area contributed by atoms with Crippen molar-refractivity contribution in [3.05, 3.63) is 18.0 Å². The van der Waals surface area contributed by atoms with Gasteiger partial charge in [0.05, 0.1) is 0 Å². The van der Waals surface area contributed by atoms with E-state index in [2.05, 4.69) is 47.3 Å². The van der Waals surface area contributed by atoms with Crippen molar-refractivity contribution < 1.29 is 0 Å². The summed E-state index contributed by atoms with van der Waals surface area (Å²) >= 11 is 1.86. The SMILES string of the molecule is CCNCc1cnc(N(C)C(CC)CSC)nc1. The summed E-state index contributed by atoms with van der Waals surface area (Å²) in [5, 5.41) is 3.27. The van der Waals surface area contributed by atoms with Crippen molar-refractivity contribution in [1.29, 1.82) is 0 Å².